The summed E-state index contributed by atoms with van der Waals surface area (Å²) in [5.41, 5.74) is 0.603. The summed E-state index contributed by atoms with van der Waals surface area (Å²) >= 11 is 17.9. The number of esters is 1. The van der Waals surface area contributed by atoms with Crippen LogP contribution in [0.2, 0.25) is 15.1 Å². The number of anilines is 2. The van der Waals surface area contributed by atoms with Crippen molar-refractivity contribution in [3.05, 3.63) is 105 Å². The Morgan fingerprint density at radius 1 is 0.690 bits per heavy atom. The van der Waals surface area contributed by atoms with Gasteiger partial charge < -0.3 is 35.1 Å². The van der Waals surface area contributed by atoms with Crippen LogP contribution in [-0.4, -0.2) is 48.5 Å². The Kier molecular flexibility index (Phi) is 10.6. The van der Waals surface area contributed by atoms with Crippen molar-refractivity contribution >= 4 is 58.1 Å². The number of phenols is 1. The van der Waals surface area contributed by atoms with E-state index >= 15 is 0 Å². The maximum Gasteiger partial charge on any atom is 0.347 e. The van der Waals surface area contributed by atoms with E-state index in [1.165, 1.54) is 24.3 Å². The summed E-state index contributed by atoms with van der Waals surface area (Å²) in [6, 6.07) is 20.4. The number of aromatic carboxylic acids is 1. The maximum atomic E-state index is 12.9. The molecule has 4 N–H and O–H groups in total. The van der Waals surface area contributed by atoms with Crippen LogP contribution in [-0.2, 0) is 0 Å². The van der Waals surface area contributed by atoms with Gasteiger partial charge in [0.1, 0.15) is 47.3 Å². The Morgan fingerprint density at radius 3 is 1.95 bits per heavy atom. The molecule has 0 aliphatic carbocycles. The summed E-state index contributed by atoms with van der Waals surface area (Å²) in [5, 5.41) is 27.6. The number of hydrogen-bond donors (Lipinski definition) is 4. The fraction of sp³-hybridized carbons (Fsp3) is 0.133. The predicted molar refractivity (Wildman–Crippen MR) is 162 cm³/mol. The molecule has 0 atom stereocenters. The second-order valence-electron chi connectivity index (χ2n) is 8.72. The Balaban J connectivity index is 1.33. The van der Waals surface area contributed by atoms with Gasteiger partial charge in [-0.2, -0.15) is 0 Å². The summed E-state index contributed by atoms with van der Waals surface area (Å²) in [6.45, 7) is 1.29. The predicted octanol–water partition coefficient (Wildman–Crippen LogP) is 7.25. The monoisotopic (exact) mass is 630 g/mol. The number of halogens is 3. The molecule has 0 aliphatic heterocycles. The van der Waals surface area contributed by atoms with Crippen molar-refractivity contribution < 1.29 is 34.0 Å². The van der Waals surface area contributed by atoms with Gasteiger partial charge in [-0.1, -0.05) is 34.8 Å². The summed E-state index contributed by atoms with van der Waals surface area (Å²) in [7, 11) is 0. The van der Waals surface area contributed by atoms with Gasteiger partial charge in [-0.15, -0.1) is 0 Å². The van der Waals surface area contributed by atoms with Gasteiger partial charge >= 0.3 is 11.9 Å². The minimum absolute atomic E-state index is 0.153. The normalized spacial score (nSPS) is 10.5. The molecule has 0 fully saturated rings. The molecule has 42 heavy (non-hydrogen) atoms. The van der Waals surface area contributed by atoms with Gasteiger partial charge in [-0.3, -0.25) is 0 Å². The van der Waals surface area contributed by atoms with Crippen LogP contribution in [0.5, 0.6) is 23.0 Å². The van der Waals surface area contributed by atoms with Crippen molar-refractivity contribution in [2.45, 2.75) is 0 Å². The van der Waals surface area contributed by atoms with Crippen molar-refractivity contribution in [2.75, 3.05) is 36.9 Å². The molecule has 4 aromatic rings. The van der Waals surface area contributed by atoms with Crippen molar-refractivity contribution in [3.63, 3.8) is 0 Å². The molecule has 0 unspecified atom stereocenters. The quantitative estimate of drug-likeness (QED) is 0.0522. The third-order valence-electron chi connectivity index (χ3n) is 5.73. The molecule has 0 aromatic heterocycles. The number of carboxylic acid groups (broad SMARTS) is 1. The number of carboxylic acids is 1. The number of benzene rings is 4. The molecule has 4 rings (SSSR count). The van der Waals surface area contributed by atoms with Crippen molar-refractivity contribution in [1.82, 2.24) is 0 Å². The zero-order valence-electron chi connectivity index (χ0n) is 21.9. The van der Waals surface area contributed by atoms with E-state index in [4.69, 9.17) is 49.0 Å². The highest BCUT2D eigenvalue weighted by molar-refractivity contribution is 6.35. The van der Waals surface area contributed by atoms with Gasteiger partial charge in [0.2, 0.25) is 0 Å². The molecule has 0 saturated heterocycles. The summed E-state index contributed by atoms with van der Waals surface area (Å²) in [4.78, 5) is 24.8. The van der Waals surface area contributed by atoms with Crippen molar-refractivity contribution in [1.29, 1.82) is 0 Å². The Labute approximate surface area is 256 Å². The lowest BCUT2D eigenvalue weighted by molar-refractivity contribution is 0.0681. The lowest BCUT2D eigenvalue weighted by Gasteiger charge is -2.13. The lowest BCUT2D eigenvalue weighted by atomic mass is 10.1. The van der Waals surface area contributed by atoms with E-state index in [0.717, 1.165) is 0 Å². The number of ether oxygens (including phenoxy) is 3. The van der Waals surface area contributed by atoms with Gasteiger partial charge in [0.15, 0.2) is 0 Å². The zero-order valence-corrected chi connectivity index (χ0v) is 24.2. The van der Waals surface area contributed by atoms with Gasteiger partial charge in [0.05, 0.1) is 5.02 Å². The average molecular weight is 632 g/mol. The first-order chi connectivity index (χ1) is 20.2. The fourth-order valence-corrected chi connectivity index (χ4v) is 4.29. The molecule has 9 nitrogen and oxygen atoms in total. The van der Waals surface area contributed by atoms with Crippen LogP contribution in [0, 0.1) is 0 Å². The van der Waals surface area contributed by atoms with E-state index in [0.29, 0.717) is 57.6 Å². The first-order valence-corrected chi connectivity index (χ1v) is 13.7. The fourth-order valence-electron chi connectivity index (χ4n) is 3.70. The van der Waals surface area contributed by atoms with Gasteiger partial charge in [-0.25, -0.2) is 9.59 Å². The largest absolute Gasteiger partial charge is 0.507 e. The smallest absolute Gasteiger partial charge is 0.347 e. The Hall–Kier alpha value is -4.31. The molecule has 0 bridgehead atoms. The third-order valence-corrected chi connectivity index (χ3v) is 6.51. The standard InChI is InChI=1S/C30H25Cl3N2O7/c31-18-1-6-22(7-2-18)40-13-11-34-21-5-10-27(24(17-21)29(37)38)42-30(39)23-16-20(4-8-26(23)36)35-12-14-41-28-9-3-19(32)15-25(28)33/h1-10,15-17,34-36H,11-14H2,(H,37,38). The maximum absolute atomic E-state index is 12.9. The van der Waals surface area contributed by atoms with Crippen molar-refractivity contribution in [2.24, 2.45) is 0 Å². The van der Waals surface area contributed by atoms with Gasteiger partial charge in [0, 0.05) is 34.5 Å². The number of carbonyl (C=O) groups excluding carboxylic acids is 1. The van der Waals surface area contributed by atoms with Crippen LogP contribution in [0.3, 0.4) is 0 Å². The minimum atomic E-state index is -1.29. The molecular formula is C30H25Cl3N2O7. The number of hydrogen-bond acceptors (Lipinski definition) is 8. The van der Waals surface area contributed by atoms with E-state index in [1.54, 1.807) is 54.6 Å². The molecule has 0 amide bonds. The van der Waals surface area contributed by atoms with Gasteiger partial charge in [0.25, 0.3) is 0 Å². The molecular weight excluding hydrogens is 607 g/mol. The topological polar surface area (TPSA) is 126 Å². The van der Waals surface area contributed by atoms with Crippen LogP contribution >= 0.6 is 34.8 Å². The number of phenolic OH excluding ortho intramolecular Hbond substituents is 1. The minimum Gasteiger partial charge on any atom is -0.507 e. The van der Waals surface area contributed by atoms with E-state index < -0.39 is 11.9 Å². The second-order valence-corrected chi connectivity index (χ2v) is 10.00. The average Bonchev–Trinajstić information content (AvgIpc) is 2.96. The molecule has 0 radical (unpaired) electrons. The molecule has 12 heteroatoms. The van der Waals surface area contributed by atoms with Crippen LogP contribution in [0.25, 0.3) is 0 Å². The lowest BCUT2D eigenvalue weighted by Crippen LogP contribution is -2.15. The summed E-state index contributed by atoms with van der Waals surface area (Å²) in [6.07, 6.45) is 0. The number of carbonyl (C=O) groups is 2. The first-order valence-electron chi connectivity index (χ1n) is 12.6. The third kappa shape index (κ3) is 8.59. The highest BCUT2D eigenvalue weighted by atomic mass is 35.5. The molecule has 4 aromatic carbocycles. The van der Waals surface area contributed by atoms with E-state index in [9.17, 15) is 19.8 Å². The molecule has 0 aliphatic rings. The molecule has 0 saturated carbocycles. The highest BCUT2D eigenvalue weighted by Gasteiger charge is 2.19. The van der Waals surface area contributed by atoms with Gasteiger partial charge in [-0.05, 0) is 78.9 Å². The Bertz CT molecular complexity index is 1570. The molecule has 0 spiro atoms. The molecule has 218 valence electrons. The van der Waals surface area contributed by atoms with Crippen LogP contribution in [0.1, 0.15) is 20.7 Å². The highest BCUT2D eigenvalue weighted by Crippen LogP contribution is 2.29. The second kappa shape index (κ2) is 14.5. The molecule has 0 heterocycles. The number of aromatic hydroxyl groups is 1. The zero-order chi connectivity index (χ0) is 30.1. The Morgan fingerprint density at radius 2 is 1.29 bits per heavy atom. The van der Waals surface area contributed by atoms with Crippen LogP contribution < -0.4 is 24.8 Å². The van der Waals surface area contributed by atoms with E-state index in [-0.39, 0.29) is 29.2 Å². The van der Waals surface area contributed by atoms with Crippen LogP contribution in [0.4, 0.5) is 11.4 Å². The van der Waals surface area contributed by atoms with Crippen LogP contribution in [0.15, 0.2) is 78.9 Å². The summed E-state index contributed by atoms with van der Waals surface area (Å²) in [5.74, 6) is -1.61. The van der Waals surface area contributed by atoms with Crippen molar-refractivity contribution in [3.8, 4) is 23.0 Å². The van der Waals surface area contributed by atoms with E-state index in [1.807, 2.05) is 0 Å². The van der Waals surface area contributed by atoms with E-state index in [2.05, 4.69) is 10.6 Å². The number of nitrogens with one attached hydrogen (secondary N) is 2. The summed E-state index contributed by atoms with van der Waals surface area (Å²) < 4.78 is 16.6. The SMILES string of the molecule is O=C(Oc1ccc(NCCOc2ccc(Cl)cc2)cc1C(=O)O)c1cc(NCCOc2ccc(Cl)cc2Cl)ccc1O. The first kappa shape index (κ1) is 30.6. The number of rotatable bonds is 13.